The van der Waals surface area contributed by atoms with Gasteiger partial charge in [-0.15, -0.1) is 0 Å². The van der Waals surface area contributed by atoms with Gasteiger partial charge >= 0.3 is 0 Å². The van der Waals surface area contributed by atoms with Crippen LogP contribution in [0.5, 0.6) is 0 Å². The minimum Gasteiger partial charge on any atom is -0.435 e. The number of rotatable bonds is 3. The van der Waals surface area contributed by atoms with Gasteiger partial charge in [-0.2, -0.15) is 0 Å². The molecule has 0 fully saturated rings. The van der Waals surface area contributed by atoms with Crippen LogP contribution in [0.3, 0.4) is 0 Å². The summed E-state index contributed by atoms with van der Waals surface area (Å²) in [5.74, 6) is 0.469. The van der Waals surface area contributed by atoms with Crippen molar-refractivity contribution in [3.63, 3.8) is 0 Å². The van der Waals surface area contributed by atoms with Gasteiger partial charge in [0.05, 0.1) is 21.5 Å². The number of pyridine rings is 1. The Morgan fingerprint density at radius 1 is 0.885 bits per heavy atom. The summed E-state index contributed by atoms with van der Waals surface area (Å²) in [6.45, 7) is 1.86. The SMILES string of the molecule is CC(=Nc1c(Cl)cccc1Cl)c1cccc(-c2nc3ccccc3o2)n1. The van der Waals surface area contributed by atoms with Crippen molar-refractivity contribution in [1.29, 1.82) is 0 Å². The van der Waals surface area contributed by atoms with Crippen molar-refractivity contribution in [3.05, 3.63) is 76.4 Å². The second-order valence-electron chi connectivity index (χ2n) is 5.66. The molecule has 0 aliphatic rings. The van der Waals surface area contributed by atoms with Crippen LogP contribution in [-0.4, -0.2) is 15.7 Å². The molecule has 128 valence electrons. The lowest BCUT2D eigenvalue weighted by Gasteiger charge is -2.05. The highest BCUT2D eigenvalue weighted by Crippen LogP contribution is 2.33. The maximum absolute atomic E-state index is 6.20. The molecule has 0 N–H and O–H groups in total. The van der Waals surface area contributed by atoms with Crippen LogP contribution in [0.25, 0.3) is 22.7 Å². The normalized spacial score (nSPS) is 11.9. The summed E-state index contributed by atoms with van der Waals surface area (Å²) < 4.78 is 5.79. The van der Waals surface area contributed by atoms with E-state index in [1.807, 2.05) is 49.4 Å². The van der Waals surface area contributed by atoms with Crippen molar-refractivity contribution in [2.45, 2.75) is 6.92 Å². The van der Waals surface area contributed by atoms with Crippen LogP contribution >= 0.6 is 23.2 Å². The molecule has 0 spiro atoms. The molecule has 0 aliphatic heterocycles. The minimum atomic E-state index is 0.469. The van der Waals surface area contributed by atoms with Gasteiger partial charge in [0.2, 0.25) is 5.89 Å². The number of fused-ring (bicyclic) bond motifs is 1. The number of para-hydroxylation sites is 3. The van der Waals surface area contributed by atoms with Gasteiger partial charge in [0.25, 0.3) is 0 Å². The predicted octanol–water partition coefficient (Wildman–Crippen LogP) is 6.34. The Morgan fingerprint density at radius 2 is 1.62 bits per heavy atom. The number of benzene rings is 2. The number of halogens is 2. The van der Waals surface area contributed by atoms with Crippen molar-refractivity contribution < 1.29 is 4.42 Å². The third kappa shape index (κ3) is 3.21. The Hall–Kier alpha value is -2.69. The summed E-state index contributed by atoms with van der Waals surface area (Å²) in [6, 6.07) is 18.5. The average Bonchev–Trinajstić information content (AvgIpc) is 3.09. The van der Waals surface area contributed by atoms with E-state index in [1.165, 1.54) is 0 Å². The topological polar surface area (TPSA) is 51.3 Å². The quantitative estimate of drug-likeness (QED) is 0.389. The Kier molecular flexibility index (Phi) is 4.45. The van der Waals surface area contributed by atoms with E-state index < -0.39 is 0 Å². The molecule has 6 heteroatoms. The monoisotopic (exact) mass is 381 g/mol. The van der Waals surface area contributed by atoms with Crippen LogP contribution in [0.15, 0.2) is 70.1 Å². The van der Waals surface area contributed by atoms with Crippen molar-refractivity contribution >= 4 is 45.7 Å². The summed E-state index contributed by atoms with van der Waals surface area (Å²) in [5, 5.41) is 0.985. The van der Waals surface area contributed by atoms with Gasteiger partial charge in [0.15, 0.2) is 5.58 Å². The van der Waals surface area contributed by atoms with Crippen LogP contribution < -0.4 is 0 Å². The lowest BCUT2D eigenvalue weighted by Crippen LogP contribution is -1.99. The van der Waals surface area contributed by atoms with E-state index in [4.69, 9.17) is 27.6 Å². The molecule has 4 rings (SSSR count). The van der Waals surface area contributed by atoms with Gasteiger partial charge in [-0.1, -0.05) is 47.5 Å². The van der Waals surface area contributed by atoms with Crippen LogP contribution in [0.1, 0.15) is 12.6 Å². The molecule has 0 aliphatic carbocycles. The van der Waals surface area contributed by atoms with E-state index in [-0.39, 0.29) is 0 Å². The summed E-state index contributed by atoms with van der Waals surface area (Å²) in [4.78, 5) is 13.6. The van der Waals surface area contributed by atoms with Crippen LogP contribution in [0.4, 0.5) is 5.69 Å². The predicted molar refractivity (Wildman–Crippen MR) is 106 cm³/mol. The first-order valence-electron chi connectivity index (χ1n) is 7.94. The van der Waals surface area contributed by atoms with Gasteiger partial charge in [-0.3, -0.25) is 0 Å². The standard InChI is InChI=1S/C20H13Cl2N3O/c1-12(23-19-13(21)6-4-7-14(19)22)15-9-5-10-17(24-15)20-25-16-8-2-3-11-18(16)26-20/h2-11H,1H3. The van der Waals surface area contributed by atoms with Gasteiger partial charge < -0.3 is 4.42 Å². The maximum atomic E-state index is 6.20. The summed E-state index contributed by atoms with van der Waals surface area (Å²) in [5.41, 5.74) is 4.07. The molecule has 26 heavy (non-hydrogen) atoms. The van der Waals surface area contributed by atoms with Crippen molar-refractivity contribution in [2.75, 3.05) is 0 Å². The Morgan fingerprint density at radius 3 is 2.38 bits per heavy atom. The average molecular weight is 382 g/mol. The third-order valence-electron chi connectivity index (χ3n) is 3.85. The maximum Gasteiger partial charge on any atom is 0.246 e. The molecule has 0 bridgehead atoms. The number of aromatic nitrogens is 2. The molecular formula is C20H13Cl2N3O. The highest BCUT2D eigenvalue weighted by molar-refractivity contribution is 6.39. The Labute approximate surface area is 160 Å². The van der Waals surface area contributed by atoms with E-state index in [2.05, 4.69) is 15.0 Å². The molecule has 2 aromatic carbocycles. The number of oxazole rings is 1. The van der Waals surface area contributed by atoms with Crippen LogP contribution in [0.2, 0.25) is 10.0 Å². The first kappa shape index (κ1) is 16.8. The van der Waals surface area contributed by atoms with E-state index in [0.717, 1.165) is 11.1 Å². The molecule has 4 nitrogen and oxygen atoms in total. The van der Waals surface area contributed by atoms with Gasteiger partial charge in [0, 0.05) is 0 Å². The molecule has 0 amide bonds. The van der Waals surface area contributed by atoms with E-state index in [1.54, 1.807) is 18.2 Å². The lowest BCUT2D eigenvalue weighted by molar-refractivity contribution is 0.616. The highest BCUT2D eigenvalue weighted by atomic mass is 35.5. The molecule has 2 aromatic heterocycles. The fraction of sp³-hybridized carbons (Fsp3) is 0.0500. The van der Waals surface area contributed by atoms with Gasteiger partial charge in [-0.05, 0) is 43.3 Å². The zero-order valence-corrected chi connectivity index (χ0v) is 15.3. The number of hydrogen-bond acceptors (Lipinski definition) is 4. The second-order valence-corrected chi connectivity index (χ2v) is 6.48. The van der Waals surface area contributed by atoms with E-state index >= 15 is 0 Å². The lowest BCUT2D eigenvalue weighted by atomic mass is 10.2. The Bertz CT molecular complexity index is 1080. The third-order valence-corrected chi connectivity index (χ3v) is 4.46. The Balaban J connectivity index is 1.74. The largest absolute Gasteiger partial charge is 0.435 e. The first-order valence-corrected chi connectivity index (χ1v) is 8.70. The molecule has 2 heterocycles. The summed E-state index contributed by atoms with van der Waals surface area (Å²) in [7, 11) is 0. The molecule has 4 aromatic rings. The van der Waals surface area contributed by atoms with Gasteiger partial charge in [-0.25, -0.2) is 15.0 Å². The van der Waals surface area contributed by atoms with Crippen LogP contribution in [-0.2, 0) is 0 Å². The molecule has 0 saturated heterocycles. The number of hydrogen-bond donors (Lipinski definition) is 0. The smallest absolute Gasteiger partial charge is 0.246 e. The first-order chi connectivity index (χ1) is 12.6. The fourth-order valence-electron chi connectivity index (χ4n) is 2.56. The van der Waals surface area contributed by atoms with E-state index in [0.29, 0.717) is 38.7 Å². The van der Waals surface area contributed by atoms with Crippen molar-refractivity contribution in [3.8, 4) is 11.6 Å². The fourth-order valence-corrected chi connectivity index (χ4v) is 3.04. The molecule has 0 saturated carbocycles. The minimum absolute atomic E-state index is 0.469. The van der Waals surface area contributed by atoms with Crippen LogP contribution in [0, 0.1) is 0 Å². The summed E-state index contributed by atoms with van der Waals surface area (Å²) >= 11 is 12.4. The second kappa shape index (κ2) is 6.90. The number of nitrogens with zero attached hydrogens (tertiary/aromatic N) is 3. The van der Waals surface area contributed by atoms with Crippen molar-refractivity contribution in [1.82, 2.24) is 9.97 Å². The molecular weight excluding hydrogens is 369 g/mol. The molecule has 0 unspecified atom stereocenters. The van der Waals surface area contributed by atoms with Crippen molar-refractivity contribution in [2.24, 2.45) is 4.99 Å². The zero-order chi connectivity index (χ0) is 18.1. The molecule has 0 radical (unpaired) electrons. The molecule has 0 atom stereocenters. The zero-order valence-electron chi connectivity index (χ0n) is 13.8. The summed E-state index contributed by atoms with van der Waals surface area (Å²) in [6.07, 6.45) is 0. The number of aliphatic imine (C=N–C) groups is 1. The van der Waals surface area contributed by atoms with E-state index in [9.17, 15) is 0 Å². The van der Waals surface area contributed by atoms with Gasteiger partial charge in [0.1, 0.15) is 16.9 Å². The highest BCUT2D eigenvalue weighted by Gasteiger charge is 2.11.